The monoisotopic (exact) mass is 112 g/mol. The van der Waals surface area contributed by atoms with Crippen molar-refractivity contribution < 1.29 is 4.39 Å². The second-order valence-electron chi connectivity index (χ2n) is 1.39. The minimum absolute atomic E-state index is 0.298. The van der Waals surface area contributed by atoms with E-state index < -0.39 is 0 Å². The van der Waals surface area contributed by atoms with Crippen molar-refractivity contribution in [3.8, 4) is 0 Å². The molecule has 0 saturated heterocycles. The summed E-state index contributed by atoms with van der Waals surface area (Å²) in [5.41, 5.74) is 0. The first-order valence-electron chi connectivity index (χ1n) is 2.38. The van der Waals surface area contributed by atoms with E-state index in [1.807, 2.05) is 0 Å². The Bertz CT molecular complexity index is 112. The SMILES string of the molecule is C=CC=CCC(=C)F. The molecule has 0 aromatic heterocycles. The second kappa shape index (κ2) is 4.31. The first kappa shape index (κ1) is 7.15. The standard InChI is InChI=1S/C7H9F/c1-3-4-5-6-7(2)8/h3-5H,1-2,6H2. The zero-order chi connectivity index (χ0) is 6.41. The summed E-state index contributed by atoms with van der Waals surface area (Å²) in [7, 11) is 0. The molecular weight excluding hydrogens is 103 g/mol. The maximum absolute atomic E-state index is 11.7. The van der Waals surface area contributed by atoms with Crippen LogP contribution in [0, 0.1) is 0 Å². The van der Waals surface area contributed by atoms with Gasteiger partial charge in [0.15, 0.2) is 0 Å². The van der Waals surface area contributed by atoms with Crippen LogP contribution in [0.3, 0.4) is 0 Å². The third-order valence-corrected chi connectivity index (χ3v) is 0.612. The highest BCUT2D eigenvalue weighted by Crippen LogP contribution is 1.98. The zero-order valence-corrected chi connectivity index (χ0v) is 4.73. The predicted molar refractivity (Wildman–Crippen MR) is 34.2 cm³/mol. The normalized spacial score (nSPS) is 9.62. The Balaban J connectivity index is 3.29. The van der Waals surface area contributed by atoms with Crippen molar-refractivity contribution in [1.29, 1.82) is 0 Å². The van der Waals surface area contributed by atoms with Crippen molar-refractivity contribution in [1.82, 2.24) is 0 Å². The van der Waals surface area contributed by atoms with Crippen LogP contribution in [0.1, 0.15) is 6.42 Å². The Kier molecular flexibility index (Phi) is 3.85. The molecule has 0 fully saturated rings. The van der Waals surface area contributed by atoms with Crippen LogP contribution < -0.4 is 0 Å². The fraction of sp³-hybridized carbons (Fsp3) is 0.143. The average Bonchev–Trinajstić information content (AvgIpc) is 1.66. The van der Waals surface area contributed by atoms with Gasteiger partial charge in [0.2, 0.25) is 0 Å². The van der Waals surface area contributed by atoms with Gasteiger partial charge in [0.25, 0.3) is 0 Å². The minimum Gasteiger partial charge on any atom is -0.212 e. The van der Waals surface area contributed by atoms with E-state index in [0.29, 0.717) is 6.42 Å². The molecule has 0 aliphatic carbocycles. The van der Waals surface area contributed by atoms with Gasteiger partial charge in [-0.3, -0.25) is 0 Å². The third-order valence-electron chi connectivity index (χ3n) is 0.612. The van der Waals surface area contributed by atoms with Gasteiger partial charge < -0.3 is 0 Å². The Morgan fingerprint density at radius 2 is 2.25 bits per heavy atom. The largest absolute Gasteiger partial charge is 0.212 e. The van der Waals surface area contributed by atoms with Crippen LogP contribution in [0.2, 0.25) is 0 Å². The summed E-state index contributed by atoms with van der Waals surface area (Å²) in [5, 5.41) is 0. The quantitative estimate of drug-likeness (QED) is 0.492. The fourth-order valence-corrected chi connectivity index (χ4v) is 0.292. The van der Waals surface area contributed by atoms with E-state index in [1.54, 1.807) is 18.2 Å². The van der Waals surface area contributed by atoms with Crippen LogP contribution in [0.5, 0.6) is 0 Å². The van der Waals surface area contributed by atoms with Gasteiger partial charge >= 0.3 is 0 Å². The lowest BCUT2D eigenvalue weighted by Gasteiger charge is -1.80. The summed E-state index contributed by atoms with van der Waals surface area (Å²) in [6.45, 7) is 6.49. The van der Waals surface area contributed by atoms with Crippen LogP contribution in [0.25, 0.3) is 0 Å². The van der Waals surface area contributed by atoms with Crippen molar-refractivity contribution in [3.05, 3.63) is 37.2 Å². The number of hydrogen-bond acceptors (Lipinski definition) is 0. The van der Waals surface area contributed by atoms with Gasteiger partial charge in [0.05, 0.1) is 5.83 Å². The topological polar surface area (TPSA) is 0 Å². The van der Waals surface area contributed by atoms with Gasteiger partial charge in [-0.25, -0.2) is 4.39 Å². The lowest BCUT2D eigenvalue weighted by Crippen LogP contribution is -1.62. The van der Waals surface area contributed by atoms with Crippen molar-refractivity contribution in [2.75, 3.05) is 0 Å². The number of halogens is 1. The van der Waals surface area contributed by atoms with E-state index in [0.717, 1.165) is 0 Å². The molecule has 44 valence electrons. The van der Waals surface area contributed by atoms with Crippen LogP contribution >= 0.6 is 0 Å². The summed E-state index contributed by atoms with van der Waals surface area (Å²) in [5.74, 6) is -0.317. The third kappa shape index (κ3) is 5.15. The van der Waals surface area contributed by atoms with Crippen molar-refractivity contribution in [3.63, 3.8) is 0 Å². The summed E-state index contributed by atoms with van der Waals surface area (Å²) >= 11 is 0. The predicted octanol–water partition coefficient (Wildman–Crippen LogP) is 2.60. The highest BCUT2D eigenvalue weighted by molar-refractivity contribution is 5.01. The molecule has 0 saturated carbocycles. The Morgan fingerprint density at radius 1 is 1.62 bits per heavy atom. The molecule has 8 heavy (non-hydrogen) atoms. The lowest BCUT2D eigenvalue weighted by molar-refractivity contribution is 0.622. The van der Waals surface area contributed by atoms with Crippen molar-refractivity contribution >= 4 is 0 Å². The van der Waals surface area contributed by atoms with Crippen molar-refractivity contribution in [2.45, 2.75) is 6.42 Å². The summed E-state index contributed by atoms with van der Waals surface area (Å²) < 4.78 is 11.7. The van der Waals surface area contributed by atoms with Crippen LogP contribution in [-0.2, 0) is 0 Å². The van der Waals surface area contributed by atoms with Gasteiger partial charge in [-0.1, -0.05) is 31.4 Å². The number of hydrogen-bond donors (Lipinski definition) is 0. The van der Waals surface area contributed by atoms with Crippen LogP contribution in [0.15, 0.2) is 37.2 Å². The zero-order valence-electron chi connectivity index (χ0n) is 4.73. The Morgan fingerprint density at radius 3 is 2.62 bits per heavy atom. The molecule has 0 aromatic rings. The molecule has 0 aliphatic heterocycles. The minimum atomic E-state index is -0.317. The molecule has 0 rings (SSSR count). The van der Waals surface area contributed by atoms with E-state index >= 15 is 0 Å². The molecule has 0 aromatic carbocycles. The van der Waals surface area contributed by atoms with Gasteiger partial charge in [0.1, 0.15) is 0 Å². The highest BCUT2D eigenvalue weighted by atomic mass is 19.1. The van der Waals surface area contributed by atoms with Crippen LogP contribution in [-0.4, -0.2) is 0 Å². The van der Waals surface area contributed by atoms with Gasteiger partial charge in [-0.05, 0) is 0 Å². The number of allylic oxidation sites excluding steroid dienone is 4. The average molecular weight is 112 g/mol. The van der Waals surface area contributed by atoms with Gasteiger partial charge in [0, 0.05) is 6.42 Å². The molecule has 0 spiro atoms. The molecule has 0 aliphatic rings. The maximum atomic E-state index is 11.7. The Labute approximate surface area is 49.0 Å². The fourth-order valence-electron chi connectivity index (χ4n) is 0.292. The maximum Gasteiger partial charge on any atom is 0.0965 e. The molecule has 0 unspecified atom stereocenters. The van der Waals surface area contributed by atoms with Gasteiger partial charge in [-0.2, -0.15) is 0 Å². The lowest BCUT2D eigenvalue weighted by atomic mass is 10.3. The van der Waals surface area contributed by atoms with Crippen LogP contribution in [0.4, 0.5) is 4.39 Å². The first-order chi connectivity index (χ1) is 3.77. The molecule has 0 radical (unpaired) electrons. The molecule has 0 N–H and O–H groups in total. The van der Waals surface area contributed by atoms with E-state index in [-0.39, 0.29) is 5.83 Å². The molecule has 0 heterocycles. The first-order valence-corrected chi connectivity index (χ1v) is 2.38. The second-order valence-corrected chi connectivity index (χ2v) is 1.39. The molecule has 0 nitrogen and oxygen atoms in total. The van der Waals surface area contributed by atoms with E-state index in [9.17, 15) is 4.39 Å². The van der Waals surface area contributed by atoms with Crippen molar-refractivity contribution in [2.24, 2.45) is 0 Å². The molecular formula is C7H9F. The summed E-state index contributed by atoms with van der Waals surface area (Å²) in [4.78, 5) is 0. The van der Waals surface area contributed by atoms with Gasteiger partial charge in [-0.15, -0.1) is 0 Å². The highest BCUT2D eigenvalue weighted by Gasteiger charge is 1.79. The van der Waals surface area contributed by atoms with E-state index in [1.165, 1.54) is 0 Å². The molecule has 0 bridgehead atoms. The van der Waals surface area contributed by atoms with E-state index in [4.69, 9.17) is 0 Å². The molecule has 0 amide bonds. The van der Waals surface area contributed by atoms with E-state index in [2.05, 4.69) is 13.2 Å². The molecule has 0 atom stereocenters. The molecule has 1 heteroatoms. The Hall–Kier alpha value is -0.850. The summed E-state index contributed by atoms with van der Waals surface area (Å²) in [6, 6.07) is 0. The summed E-state index contributed by atoms with van der Waals surface area (Å²) in [6.07, 6.45) is 5.25. The number of rotatable bonds is 3. The smallest absolute Gasteiger partial charge is 0.0965 e.